The molecule has 2 rings (SSSR count). The first-order chi connectivity index (χ1) is 9.61. The summed E-state index contributed by atoms with van der Waals surface area (Å²) in [5.41, 5.74) is 2.05. The van der Waals surface area contributed by atoms with Crippen LogP contribution in [0.2, 0.25) is 0 Å². The molecule has 1 saturated heterocycles. The highest BCUT2D eigenvalue weighted by atomic mass is 16.3. The maximum atomic E-state index is 12.2. The van der Waals surface area contributed by atoms with E-state index in [-0.39, 0.29) is 18.6 Å². The van der Waals surface area contributed by atoms with Gasteiger partial charge in [-0.3, -0.25) is 9.69 Å². The first kappa shape index (κ1) is 15.0. The summed E-state index contributed by atoms with van der Waals surface area (Å²) in [6.07, 6.45) is 2.04. The molecule has 1 aromatic rings. The maximum Gasteiger partial charge on any atom is 0.238 e. The van der Waals surface area contributed by atoms with E-state index in [9.17, 15) is 9.90 Å². The van der Waals surface area contributed by atoms with Crippen molar-refractivity contribution in [3.63, 3.8) is 0 Å². The number of hydrogen-bond acceptors (Lipinski definition) is 3. The molecule has 1 atom stereocenters. The van der Waals surface area contributed by atoms with E-state index in [0.717, 1.165) is 30.6 Å². The van der Waals surface area contributed by atoms with Crippen LogP contribution in [0.4, 0.5) is 5.69 Å². The van der Waals surface area contributed by atoms with E-state index < -0.39 is 0 Å². The number of rotatable bonds is 5. The lowest BCUT2D eigenvalue weighted by molar-refractivity contribution is -0.117. The number of aliphatic hydroxyl groups excluding tert-OH is 1. The van der Waals surface area contributed by atoms with Crippen molar-refractivity contribution in [3.05, 3.63) is 29.8 Å². The summed E-state index contributed by atoms with van der Waals surface area (Å²) in [6, 6.07) is 8.07. The molecule has 0 bridgehead atoms. The van der Waals surface area contributed by atoms with Crippen molar-refractivity contribution in [2.45, 2.75) is 38.6 Å². The fraction of sp³-hybridized carbons (Fsp3) is 0.562. The second kappa shape index (κ2) is 6.86. The second-order valence-electron chi connectivity index (χ2n) is 5.74. The number of amides is 1. The lowest BCUT2D eigenvalue weighted by atomic mass is 10.0. The molecule has 1 fully saturated rings. The third-order valence-corrected chi connectivity index (χ3v) is 3.91. The highest BCUT2D eigenvalue weighted by Gasteiger charge is 2.25. The molecule has 0 radical (unpaired) electrons. The van der Waals surface area contributed by atoms with Crippen molar-refractivity contribution < 1.29 is 9.90 Å². The second-order valence-corrected chi connectivity index (χ2v) is 5.74. The Morgan fingerprint density at radius 3 is 2.90 bits per heavy atom. The third-order valence-electron chi connectivity index (χ3n) is 3.91. The Balaban J connectivity index is 1.98. The smallest absolute Gasteiger partial charge is 0.238 e. The maximum absolute atomic E-state index is 12.2. The van der Waals surface area contributed by atoms with E-state index in [1.54, 1.807) is 0 Å². The quantitative estimate of drug-likeness (QED) is 0.867. The molecule has 1 amide bonds. The van der Waals surface area contributed by atoms with Gasteiger partial charge in [-0.2, -0.15) is 0 Å². The van der Waals surface area contributed by atoms with Crippen LogP contribution in [0.15, 0.2) is 24.3 Å². The molecule has 1 aliphatic heterocycles. The normalized spacial score (nSPS) is 19.5. The Morgan fingerprint density at radius 1 is 1.45 bits per heavy atom. The number of aliphatic hydroxyl groups is 1. The molecule has 4 nitrogen and oxygen atoms in total. The zero-order valence-electron chi connectivity index (χ0n) is 12.3. The third kappa shape index (κ3) is 3.58. The van der Waals surface area contributed by atoms with Crippen LogP contribution in [0, 0.1) is 0 Å². The van der Waals surface area contributed by atoms with Gasteiger partial charge in [-0.15, -0.1) is 0 Å². The Labute approximate surface area is 120 Å². The fourth-order valence-electron chi connectivity index (χ4n) is 2.80. The van der Waals surface area contributed by atoms with Crippen molar-refractivity contribution in [2.75, 3.05) is 25.0 Å². The van der Waals surface area contributed by atoms with Crippen molar-refractivity contribution >= 4 is 11.6 Å². The molecule has 0 aromatic heterocycles. The van der Waals surface area contributed by atoms with Crippen LogP contribution in [-0.2, 0) is 4.79 Å². The standard InChI is InChI=1S/C16H24N2O2/c1-12(2)14-7-3-4-8-15(14)17-16(20)10-18-9-5-6-13(18)11-19/h3-4,7-8,12-13,19H,5-6,9-11H2,1-2H3,(H,17,20)/t13-/m0/s1. The number of anilines is 1. The van der Waals surface area contributed by atoms with E-state index in [1.165, 1.54) is 0 Å². The predicted octanol–water partition coefficient (Wildman–Crippen LogP) is 2.21. The van der Waals surface area contributed by atoms with Gasteiger partial charge >= 0.3 is 0 Å². The highest BCUT2D eigenvalue weighted by molar-refractivity contribution is 5.93. The summed E-state index contributed by atoms with van der Waals surface area (Å²) in [6.45, 7) is 5.62. The average molecular weight is 276 g/mol. The molecule has 1 aliphatic rings. The minimum Gasteiger partial charge on any atom is -0.395 e. The zero-order chi connectivity index (χ0) is 14.5. The summed E-state index contributed by atoms with van der Waals surface area (Å²) >= 11 is 0. The van der Waals surface area contributed by atoms with Crippen LogP contribution in [0.3, 0.4) is 0 Å². The summed E-state index contributed by atoms with van der Waals surface area (Å²) < 4.78 is 0. The Morgan fingerprint density at radius 2 is 2.20 bits per heavy atom. The van der Waals surface area contributed by atoms with Crippen LogP contribution >= 0.6 is 0 Å². The lowest BCUT2D eigenvalue weighted by Crippen LogP contribution is -2.38. The molecule has 20 heavy (non-hydrogen) atoms. The van der Waals surface area contributed by atoms with Crippen molar-refractivity contribution in [2.24, 2.45) is 0 Å². The van der Waals surface area contributed by atoms with Gasteiger partial charge in [0, 0.05) is 11.7 Å². The Bertz CT molecular complexity index is 460. The Hall–Kier alpha value is -1.39. The minimum atomic E-state index is -0.00144. The van der Waals surface area contributed by atoms with Crippen molar-refractivity contribution in [3.8, 4) is 0 Å². The van der Waals surface area contributed by atoms with E-state index in [4.69, 9.17) is 0 Å². The first-order valence-corrected chi connectivity index (χ1v) is 7.35. The molecule has 1 aromatic carbocycles. The van der Waals surface area contributed by atoms with Crippen LogP contribution in [0.1, 0.15) is 38.2 Å². The topological polar surface area (TPSA) is 52.6 Å². The minimum absolute atomic E-state index is 0.00144. The van der Waals surface area contributed by atoms with Gasteiger partial charge in [0.2, 0.25) is 5.91 Å². The van der Waals surface area contributed by atoms with Crippen LogP contribution < -0.4 is 5.32 Å². The van der Waals surface area contributed by atoms with E-state index in [0.29, 0.717) is 12.5 Å². The zero-order valence-corrected chi connectivity index (χ0v) is 12.3. The van der Waals surface area contributed by atoms with Gasteiger partial charge in [-0.25, -0.2) is 0 Å². The van der Waals surface area contributed by atoms with E-state index in [1.807, 2.05) is 24.3 Å². The number of benzene rings is 1. The molecule has 110 valence electrons. The molecule has 1 heterocycles. The van der Waals surface area contributed by atoms with Gasteiger partial charge in [0.25, 0.3) is 0 Å². The summed E-state index contributed by atoms with van der Waals surface area (Å²) in [5, 5.41) is 12.3. The fourth-order valence-corrected chi connectivity index (χ4v) is 2.80. The van der Waals surface area contributed by atoms with Gasteiger partial charge < -0.3 is 10.4 Å². The average Bonchev–Trinajstić information content (AvgIpc) is 2.86. The number of likely N-dealkylation sites (tertiary alicyclic amines) is 1. The predicted molar refractivity (Wildman–Crippen MR) is 80.8 cm³/mol. The molecule has 0 spiro atoms. The van der Waals surface area contributed by atoms with E-state index >= 15 is 0 Å². The first-order valence-electron chi connectivity index (χ1n) is 7.35. The van der Waals surface area contributed by atoms with Crippen LogP contribution in [-0.4, -0.2) is 41.7 Å². The number of nitrogens with one attached hydrogen (secondary N) is 1. The number of para-hydroxylation sites is 1. The summed E-state index contributed by atoms with van der Waals surface area (Å²) in [5.74, 6) is 0.377. The van der Waals surface area contributed by atoms with E-state index in [2.05, 4.69) is 24.1 Å². The highest BCUT2D eigenvalue weighted by Crippen LogP contribution is 2.24. The number of carbonyl (C=O) groups excluding carboxylic acids is 1. The SMILES string of the molecule is CC(C)c1ccccc1NC(=O)CN1CCC[C@H]1CO. The van der Waals surface area contributed by atoms with Gasteiger partial charge in [0.05, 0.1) is 13.2 Å². The molecule has 0 unspecified atom stereocenters. The van der Waals surface area contributed by atoms with Crippen LogP contribution in [0.25, 0.3) is 0 Å². The number of nitrogens with zero attached hydrogens (tertiary/aromatic N) is 1. The van der Waals surface area contributed by atoms with Gasteiger partial charge in [-0.1, -0.05) is 32.0 Å². The number of carbonyl (C=O) groups is 1. The van der Waals surface area contributed by atoms with Gasteiger partial charge in [0.15, 0.2) is 0 Å². The summed E-state index contributed by atoms with van der Waals surface area (Å²) in [4.78, 5) is 14.2. The molecule has 4 heteroatoms. The monoisotopic (exact) mass is 276 g/mol. The van der Waals surface area contributed by atoms with Gasteiger partial charge in [-0.05, 0) is 36.9 Å². The largest absolute Gasteiger partial charge is 0.395 e. The molecule has 2 N–H and O–H groups in total. The number of hydrogen-bond donors (Lipinski definition) is 2. The van der Waals surface area contributed by atoms with Gasteiger partial charge in [0.1, 0.15) is 0 Å². The molecular weight excluding hydrogens is 252 g/mol. The lowest BCUT2D eigenvalue weighted by Gasteiger charge is -2.22. The summed E-state index contributed by atoms with van der Waals surface area (Å²) in [7, 11) is 0. The van der Waals surface area contributed by atoms with Crippen molar-refractivity contribution in [1.82, 2.24) is 4.90 Å². The molecule has 0 aliphatic carbocycles. The van der Waals surface area contributed by atoms with Crippen LogP contribution in [0.5, 0.6) is 0 Å². The molecular formula is C16H24N2O2. The van der Waals surface area contributed by atoms with Crippen molar-refractivity contribution in [1.29, 1.82) is 0 Å². The Kier molecular flexibility index (Phi) is 5.15. The molecule has 0 saturated carbocycles.